The van der Waals surface area contributed by atoms with Crippen LogP contribution in [0.5, 0.6) is 0 Å². The van der Waals surface area contributed by atoms with Crippen LogP contribution in [0.15, 0.2) is 24.3 Å². The number of benzene rings is 1. The monoisotopic (exact) mass is 335 g/mol. The molecule has 0 atom stereocenters. The van der Waals surface area contributed by atoms with E-state index in [-0.39, 0.29) is 26.5 Å². The Hall–Kier alpha value is -1.000. The van der Waals surface area contributed by atoms with Gasteiger partial charge in [-0.05, 0) is 24.3 Å². The van der Waals surface area contributed by atoms with Gasteiger partial charge in [-0.25, -0.2) is 9.78 Å². The Labute approximate surface area is 128 Å². The molecule has 1 aromatic carbocycles. The van der Waals surface area contributed by atoms with Gasteiger partial charge in [-0.2, -0.15) is 0 Å². The first kappa shape index (κ1) is 14.4. The summed E-state index contributed by atoms with van der Waals surface area (Å²) in [5, 5.41) is 10.1. The summed E-state index contributed by atoms with van der Waals surface area (Å²) in [6.07, 6.45) is 0. The number of carbonyl (C=O) groups is 1. The smallest absolute Gasteiger partial charge is 0.354 e. The second-order valence-corrected chi connectivity index (χ2v) is 5.21. The molecular weight excluding hydrogens is 332 g/mol. The number of rotatable bonds is 2. The number of pyridine rings is 1. The summed E-state index contributed by atoms with van der Waals surface area (Å²) in [5.41, 5.74) is 0.524. The molecule has 3 nitrogen and oxygen atoms in total. The van der Waals surface area contributed by atoms with E-state index >= 15 is 0 Å². The van der Waals surface area contributed by atoms with Crippen molar-refractivity contribution in [3.63, 3.8) is 0 Å². The van der Waals surface area contributed by atoms with E-state index < -0.39 is 5.97 Å². The number of hydrogen-bond donors (Lipinski definition) is 1. The SMILES string of the molecule is O=C(O)c1ccc(Cl)c(-c2cc(Cl)c(Cl)cc2Cl)n1. The van der Waals surface area contributed by atoms with Crippen molar-refractivity contribution in [2.24, 2.45) is 0 Å². The van der Waals surface area contributed by atoms with Gasteiger partial charge in [-0.15, -0.1) is 0 Å². The van der Waals surface area contributed by atoms with Gasteiger partial charge in [0, 0.05) is 5.56 Å². The summed E-state index contributed by atoms with van der Waals surface area (Å²) in [4.78, 5) is 14.9. The van der Waals surface area contributed by atoms with Gasteiger partial charge in [0.25, 0.3) is 0 Å². The average Bonchev–Trinajstić information content (AvgIpc) is 2.34. The summed E-state index contributed by atoms with van der Waals surface area (Å²) in [5.74, 6) is -1.16. The standard InChI is InChI=1S/C12H5Cl4NO2/c13-6-1-2-10(12(18)19)17-11(6)5-3-8(15)9(16)4-7(5)14/h1-4H,(H,18,19). The molecule has 0 aliphatic carbocycles. The van der Waals surface area contributed by atoms with Crippen LogP contribution >= 0.6 is 46.4 Å². The second kappa shape index (κ2) is 5.55. The fraction of sp³-hybridized carbons (Fsp3) is 0. The largest absolute Gasteiger partial charge is 0.477 e. The van der Waals surface area contributed by atoms with Gasteiger partial charge < -0.3 is 5.11 Å². The fourth-order valence-corrected chi connectivity index (χ4v) is 2.30. The number of carboxylic acids is 1. The lowest BCUT2D eigenvalue weighted by molar-refractivity contribution is 0.0690. The van der Waals surface area contributed by atoms with Crippen LogP contribution in [0.3, 0.4) is 0 Å². The molecule has 0 saturated heterocycles. The number of hydrogen-bond acceptors (Lipinski definition) is 2. The van der Waals surface area contributed by atoms with Gasteiger partial charge in [-0.1, -0.05) is 46.4 Å². The van der Waals surface area contributed by atoms with Crippen molar-refractivity contribution in [3.8, 4) is 11.3 Å². The predicted octanol–water partition coefficient (Wildman–Crippen LogP) is 5.06. The van der Waals surface area contributed by atoms with E-state index in [1.54, 1.807) is 0 Å². The van der Waals surface area contributed by atoms with Crippen LogP contribution in [0.2, 0.25) is 20.1 Å². The molecule has 0 aliphatic rings. The molecule has 2 rings (SSSR count). The molecule has 1 N–H and O–H groups in total. The maximum absolute atomic E-state index is 10.9. The highest BCUT2D eigenvalue weighted by molar-refractivity contribution is 6.44. The van der Waals surface area contributed by atoms with Crippen molar-refractivity contribution in [3.05, 3.63) is 50.0 Å². The van der Waals surface area contributed by atoms with E-state index in [0.29, 0.717) is 10.6 Å². The lowest BCUT2D eigenvalue weighted by atomic mass is 10.1. The average molecular weight is 337 g/mol. The number of nitrogens with zero attached hydrogens (tertiary/aromatic N) is 1. The summed E-state index contributed by atoms with van der Waals surface area (Å²) in [7, 11) is 0. The highest BCUT2D eigenvalue weighted by Crippen LogP contribution is 2.37. The highest BCUT2D eigenvalue weighted by atomic mass is 35.5. The maximum Gasteiger partial charge on any atom is 0.354 e. The molecule has 0 spiro atoms. The molecule has 19 heavy (non-hydrogen) atoms. The molecule has 0 saturated carbocycles. The van der Waals surface area contributed by atoms with E-state index in [4.69, 9.17) is 51.5 Å². The normalized spacial score (nSPS) is 10.5. The lowest BCUT2D eigenvalue weighted by Gasteiger charge is -2.08. The first-order valence-corrected chi connectivity index (χ1v) is 6.46. The van der Waals surface area contributed by atoms with Crippen molar-refractivity contribution in [1.82, 2.24) is 4.98 Å². The molecule has 0 radical (unpaired) electrons. The van der Waals surface area contributed by atoms with Crippen molar-refractivity contribution >= 4 is 52.4 Å². The van der Waals surface area contributed by atoms with E-state index in [1.807, 2.05) is 0 Å². The van der Waals surface area contributed by atoms with Crippen LogP contribution in [-0.4, -0.2) is 16.1 Å². The molecule has 0 bridgehead atoms. The molecule has 1 heterocycles. The molecule has 0 unspecified atom stereocenters. The number of aromatic nitrogens is 1. The minimum absolute atomic E-state index is 0.137. The first-order chi connectivity index (χ1) is 8.90. The van der Waals surface area contributed by atoms with Crippen LogP contribution in [0.1, 0.15) is 10.5 Å². The van der Waals surface area contributed by atoms with Crippen LogP contribution < -0.4 is 0 Å². The van der Waals surface area contributed by atoms with Crippen molar-refractivity contribution in [2.45, 2.75) is 0 Å². The van der Waals surface area contributed by atoms with Gasteiger partial charge in [0.05, 0.1) is 25.8 Å². The fourth-order valence-electron chi connectivity index (χ4n) is 1.45. The summed E-state index contributed by atoms with van der Waals surface area (Å²) < 4.78 is 0. The quantitative estimate of drug-likeness (QED) is 0.780. The third kappa shape index (κ3) is 2.95. The van der Waals surface area contributed by atoms with E-state index in [0.717, 1.165) is 0 Å². The minimum atomic E-state index is -1.16. The van der Waals surface area contributed by atoms with Gasteiger partial charge >= 0.3 is 5.97 Å². The number of halogens is 4. The molecule has 98 valence electrons. The third-order valence-electron chi connectivity index (χ3n) is 2.33. The zero-order valence-electron chi connectivity index (χ0n) is 9.12. The van der Waals surface area contributed by atoms with Crippen molar-refractivity contribution in [2.75, 3.05) is 0 Å². The Bertz CT molecular complexity index is 673. The van der Waals surface area contributed by atoms with E-state index in [9.17, 15) is 4.79 Å². The van der Waals surface area contributed by atoms with Crippen LogP contribution in [0.25, 0.3) is 11.3 Å². The zero-order valence-corrected chi connectivity index (χ0v) is 12.1. The van der Waals surface area contributed by atoms with Crippen LogP contribution in [0, 0.1) is 0 Å². The second-order valence-electron chi connectivity index (χ2n) is 3.58. The van der Waals surface area contributed by atoms with Gasteiger partial charge in [0.1, 0.15) is 5.69 Å². The summed E-state index contributed by atoms with van der Waals surface area (Å²) >= 11 is 23.8. The van der Waals surface area contributed by atoms with Crippen LogP contribution in [-0.2, 0) is 0 Å². The molecule has 0 fully saturated rings. The Morgan fingerprint density at radius 3 is 2.21 bits per heavy atom. The molecule has 0 amide bonds. The molecule has 0 aliphatic heterocycles. The van der Waals surface area contributed by atoms with Gasteiger partial charge in [0.15, 0.2) is 0 Å². The minimum Gasteiger partial charge on any atom is -0.477 e. The lowest BCUT2D eigenvalue weighted by Crippen LogP contribution is -2.01. The molecule has 1 aromatic heterocycles. The van der Waals surface area contributed by atoms with E-state index in [2.05, 4.69) is 4.98 Å². The predicted molar refractivity (Wildman–Crippen MR) is 76.7 cm³/mol. The highest BCUT2D eigenvalue weighted by Gasteiger charge is 2.15. The van der Waals surface area contributed by atoms with Gasteiger partial charge in [0.2, 0.25) is 0 Å². The number of aromatic carboxylic acids is 1. The Morgan fingerprint density at radius 1 is 0.947 bits per heavy atom. The Morgan fingerprint density at radius 2 is 1.58 bits per heavy atom. The van der Waals surface area contributed by atoms with Gasteiger partial charge in [-0.3, -0.25) is 0 Å². The molecule has 2 aromatic rings. The third-order valence-corrected chi connectivity index (χ3v) is 3.67. The molecule has 7 heteroatoms. The Kier molecular flexibility index (Phi) is 4.21. The summed E-state index contributed by atoms with van der Waals surface area (Å²) in [6, 6.07) is 5.68. The maximum atomic E-state index is 10.9. The van der Waals surface area contributed by atoms with Crippen molar-refractivity contribution < 1.29 is 9.90 Å². The van der Waals surface area contributed by atoms with Crippen molar-refractivity contribution in [1.29, 1.82) is 0 Å². The summed E-state index contributed by atoms with van der Waals surface area (Å²) in [6.45, 7) is 0. The number of carboxylic acid groups (broad SMARTS) is 1. The Balaban J connectivity index is 2.67. The van der Waals surface area contributed by atoms with E-state index in [1.165, 1.54) is 24.3 Å². The molecular formula is C12H5Cl4NO2. The topological polar surface area (TPSA) is 50.2 Å². The zero-order chi connectivity index (χ0) is 14.2. The van der Waals surface area contributed by atoms with Crippen LogP contribution in [0.4, 0.5) is 0 Å². The first-order valence-electron chi connectivity index (χ1n) is 4.95.